The fraction of sp³-hybridized carbons (Fsp3) is 0.0526. The topological polar surface area (TPSA) is 49.9 Å². The lowest BCUT2D eigenvalue weighted by Crippen LogP contribution is -2.14. The molecule has 0 bridgehead atoms. The maximum absolute atomic E-state index is 9.30. The molecule has 4 nitrogen and oxygen atoms in total. The molecule has 0 unspecified atom stereocenters. The average molecular weight is 370 g/mol. The minimum absolute atomic E-state index is 0.226. The number of hydrogen-bond donors (Lipinski definition) is 1. The van der Waals surface area contributed by atoms with Crippen molar-refractivity contribution in [3.8, 4) is 17.0 Å². The molecule has 0 radical (unpaired) electrons. The van der Waals surface area contributed by atoms with Crippen LogP contribution in [0.2, 0.25) is 5.02 Å². The number of allylic oxidation sites excluding steroid dienone is 1. The van der Waals surface area contributed by atoms with E-state index in [0.29, 0.717) is 11.6 Å². The van der Waals surface area contributed by atoms with Gasteiger partial charge < -0.3 is 9.67 Å². The molecule has 0 saturated heterocycles. The number of benzene rings is 2. The smallest absolute Gasteiger partial charge is 0.211 e. The van der Waals surface area contributed by atoms with Gasteiger partial charge >= 0.3 is 0 Å². The molecular weight excluding hydrogens is 354 g/mol. The van der Waals surface area contributed by atoms with E-state index in [4.69, 9.17) is 11.6 Å². The van der Waals surface area contributed by atoms with Gasteiger partial charge in [-0.2, -0.15) is 5.10 Å². The Hall–Kier alpha value is -2.63. The maximum atomic E-state index is 9.30. The van der Waals surface area contributed by atoms with Crippen molar-refractivity contribution in [1.29, 1.82) is 0 Å². The fourth-order valence-corrected chi connectivity index (χ4v) is 3.27. The largest absolute Gasteiger partial charge is 0.508 e. The molecule has 25 heavy (non-hydrogen) atoms. The Morgan fingerprint density at radius 3 is 2.52 bits per heavy atom. The van der Waals surface area contributed by atoms with Crippen molar-refractivity contribution in [2.45, 2.75) is 6.54 Å². The number of aromatic nitrogens is 1. The number of rotatable bonds is 5. The van der Waals surface area contributed by atoms with E-state index >= 15 is 0 Å². The SMILES string of the molecule is C=CCn1c(-c2ccc(Cl)cc2)cs/c1=N/N=C\c1ccc(O)cc1. The minimum Gasteiger partial charge on any atom is -0.508 e. The molecule has 0 amide bonds. The number of thiazole rings is 1. The summed E-state index contributed by atoms with van der Waals surface area (Å²) in [5.41, 5.74) is 2.97. The lowest BCUT2D eigenvalue weighted by Gasteiger charge is -2.06. The van der Waals surface area contributed by atoms with Gasteiger partial charge in [-0.25, -0.2) is 0 Å². The summed E-state index contributed by atoms with van der Waals surface area (Å²) in [6, 6.07) is 14.5. The molecule has 1 N–H and O–H groups in total. The number of phenolic OH excluding ortho intramolecular Hbond substituents is 1. The number of aromatic hydroxyl groups is 1. The quantitative estimate of drug-likeness (QED) is 0.395. The van der Waals surface area contributed by atoms with Gasteiger partial charge in [0, 0.05) is 16.9 Å². The fourth-order valence-electron chi connectivity index (χ4n) is 2.27. The number of halogens is 1. The standard InChI is InChI=1S/C19H16ClN3OS/c1-2-11-23-18(15-5-7-16(20)8-6-15)13-25-19(23)22-21-12-14-3-9-17(24)10-4-14/h2-10,12-13,24H,1,11H2/b21-12-,22-19+. The van der Waals surface area contributed by atoms with Gasteiger partial charge in [-0.3, -0.25) is 0 Å². The highest BCUT2D eigenvalue weighted by Gasteiger charge is 2.06. The molecule has 0 spiro atoms. The van der Waals surface area contributed by atoms with Crippen LogP contribution in [0, 0.1) is 0 Å². The first-order chi connectivity index (χ1) is 12.2. The van der Waals surface area contributed by atoms with E-state index < -0.39 is 0 Å². The Bertz CT molecular complexity index is 954. The summed E-state index contributed by atoms with van der Waals surface area (Å²) in [7, 11) is 0. The van der Waals surface area contributed by atoms with E-state index in [-0.39, 0.29) is 5.75 Å². The van der Waals surface area contributed by atoms with Crippen LogP contribution in [0.1, 0.15) is 5.56 Å². The predicted octanol–water partition coefficient (Wildman–Crippen LogP) is 4.70. The summed E-state index contributed by atoms with van der Waals surface area (Å²) < 4.78 is 2.05. The third kappa shape index (κ3) is 4.26. The molecular formula is C19H16ClN3OS. The highest BCUT2D eigenvalue weighted by Crippen LogP contribution is 2.22. The van der Waals surface area contributed by atoms with Crippen LogP contribution < -0.4 is 4.80 Å². The van der Waals surface area contributed by atoms with Crippen LogP contribution in [0.5, 0.6) is 5.75 Å². The second-order valence-electron chi connectivity index (χ2n) is 5.25. The van der Waals surface area contributed by atoms with Crippen molar-refractivity contribution in [3.05, 3.63) is 82.0 Å². The molecule has 3 rings (SSSR count). The molecule has 2 aromatic carbocycles. The van der Waals surface area contributed by atoms with Crippen LogP contribution >= 0.6 is 22.9 Å². The van der Waals surface area contributed by atoms with Crippen molar-refractivity contribution in [2.75, 3.05) is 0 Å². The number of nitrogens with zero attached hydrogens (tertiary/aromatic N) is 3. The van der Waals surface area contributed by atoms with Crippen LogP contribution in [-0.2, 0) is 6.54 Å². The van der Waals surface area contributed by atoms with Crippen LogP contribution in [0.15, 0.2) is 76.8 Å². The number of phenols is 1. The van der Waals surface area contributed by atoms with E-state index in [1.54, 1.807) is 30.5 Å². The monoisotopic (exact) mass is 369 g/mol. The highest BCUT2D eigenvalue weighted by molar-refractivity contribution is 7.07. The van der Waals surface area contributed by atoms with Gasteiger partial charge in [0.25, 0.3) is 0 Å². The van der Waals surface area contributed by atoms with Gasteiger partial charge in [0.1, 0.15) is 5.75 Å². The zero-order chi connectivity index (χ0) is 17.6. The van der Waals surface area contributed by atoms with Gasteiger partial charge in [-0.05, 0) is 47.5 Å². The molecule has 0 fully saturated rings. The predicted molar refractivity (Wildman–Crippen MR) is 104 cm³/mol. The first kappa shape index (κ1) is 17.2. The lowest BCUT2D eigenvalue weighted by atomic mass is 10.2. The van der Waals surface area contributed by atoms with Crippen LogP contribution in [-0.4, -0.2) is 15.9 Å². The molecule has 0 aliphatic heterocycles. The van der Waals surface area contributed by atoms with Crippen molar-refractivity contribution in [3.63, 3.8) is 0 Å². The Kier molecular flexibility index (Phi) is 5.48. The molecule has 126 valence electrons. The van der Waals surface area contributed by atoms with E-state index in [1.165, 1.54) is 11.3 Å². The lowest BCUT2D eigenvalue weighted by molar-refractivity contribution is 0.475. The molecule has 3 aromatic rings. The molecule has 1 aromatic heterocycles. The zero-order valence-electron chi connectivity index (χ0n) is 13.3. The Labute approximate surface area is 154 Å². The Balaban J connectivity index is 1.94. The van der Waals surface area contributed by atoms with Crippen molar-refractivity contribution in [2.24, 2.45) is 10.2 Å². The molecule has 6 heteroatoms. The minimum atomic E-state index is 0.226. The summed E-state index contributed by atoms with van der Waals surface area (Å²) in [5, 5.41) is 20.5. The average Bonchev–Trinajstić information content (AvgIpc) is 3.01. The van der Waals surface area contributed by atoms with Gasteiger partial charge in [0.15, 0.2) is 0 Å². The van der Waals surface area contributed by atoms with Crippen molar-refractivity contribution >= 4 is 29.2 Å². The van der Waals surface area contributed by atoms with E-state index in [2.05, 4.69) is 21.3 Å². The number of hydrogen-bond acceptors (Lipinski definition) is 4. The molecule has 0 atom stereocenters. The highest BCUT2D eigenvalue weighted by atomic mass is 35.5. The van der Waals surface area contributed by atoms with Crippen molar-refractivity contribution < 1.29 is 5.11 Å². The third-order valence-corrected chi connectivity index (χ3v) is 4.60. The van der Waals surface area contributed by atoms with Gasteiger partial charge in [0.05, 0.1) is 11.9 Å². The second kappa shape index (κ2) is 7.96. The van der Waals surface area contributed by atoms with Crippen LogP contribution in [0.3, 0.4) is 0 Å². The Morgan fingerprint density at radius 1 is 1.12 bits per heavy atom. The summed E-state index contributed by atoms with van der Waals surface area (Å²) in [6.07, 6.45) is 3.48. The van der Waals surface area contributed by atoms with Crippen LogP contribution in [0.25, 0.3) is 11.3 Å². The van der Waals surface area contributed by atoms with Gasteiger partial charge in [0.2, 0.25) is 4.80 Å². The molecule has 0 aliphatic rings. The van der Waals surface area contributed by atoms with Gasteiger partial charge in [-0.1, -0.05) is 29.8 Å². The third-order valence-electron chi connectivity index (χ3n) is 3.49. The van der Waals surface area contributed by atoms with Crippen LogP contribution in [0.4, 0.5) is 0 Å². The Morgan fingerprint density at radius 2 is 1.84 bits per heavy atom. The molecule has 0 aliphatic carbocycles. The first-order valence-corrected chi connectivity index (χ1v) is 8.84. The summed E-state index contributed by atoms with van der Waals surface area (Å²) in [5.74, 6) is 0.226. The maximum Gasteiger partial charge on any atom is 0.211 e. The molecule has 1 heterocycles. The van der Waals surface area contributed by atoms with Gasteiger partial charge in [-0.15, -0.1) is 23.0 Å². The van der Waals surface area contributed by atoms with E-state index in [1.807, 2.05) is 35.7 Å². The second-order valence-corrected chi connectivity index (χ2v) is 6.52. The summed E-state index contributed by atoms with van der Waals surface area (Å²) in [4.78, 5) is 0.778. The van der Waals surface area contributed by atoms with E-state index in [0.717, 1.165) is 21.6 Å². The van der Waals surface area contributed by atoms with Crippen molar-refractivity contribution in [1.82, 2.24) is 4.57 Å². The first-order valence-electron chi connectivity index (χ1n) is 7.58. The summed E-state index contributed by atoms with van der Waals surface area (Å²) in [6.45, 7) is 4.45. The summed E-state index contributed by atoms with van der Waals surface area (Å²) >= 11 is 7.48. The normalized spacial score (nSPS) is 12.0. The zero-order valence-corrected chi connectivity index (χ0v) is 14.9. The molecule has 0 saturated carbocycles. The van der Waals surface area contributed by atoms with E-state index in [9.17, 15) is 5.11 Å².